The molecule has 44 heavy (non-hydrogen) atoms. The molecule has 1 amide bonds. The highest BCUT2D eigenvalue weighted by Crippen LogP contribution is 2.31. The number of amides is 1. The lowest BCUT2D eigenvalue weighted by Crippen LogP contribution is -2.42. The lowest BCUT2D eigenvalue weighted by Gasteiger charge is -2.29. The Kier molecular flexibility index (Phi) is 10.2. The number of carbonyl (C=O) groups is 1. The summed E-state index contributed by atoms with van der Waals surface area (Å²) in [6.45, 7) is 7.61. The van der Waals surface area contributed by atoms with E-state index in [1.165, 1.54) is 24.0 Å². The van der Waals surface area contributed by atoms with Crippen molar-refractivity contribution in [2.45, 2.75) is 58.5 Å². The molecule has 0 spiro atoms. The number of anilines is 1. The van der Waals surface area contributed by atoms with Crippen LogP contribution in [0.1, 0.15) is 59.7 Å². The number of nitrogens with one attached hydrogen (secondary N) is 1. The molecule has 3 aromatic carbocycles. The van der Waals surface area contributed by atoms with Crippen molar-refractivity contribution in [1.82, 2.24) is 14.8 Å². The van der Waals surface area contributed by atoms with Gasteiger partial charge in [0.25, 0.3) is 5.91 Å². The average molecular weight is 596 g/mol. The van der Waals surface area contributed by atoms with Crippen molar-refractivity contribution in [2.24, 2.45) is 0 Å². The zero-order valence-electron chi connectivity index (χ0n) is 25.4. The molecule has 2 aliphatic rings. The number of aromatic nitrogens is 1. The lowest BCUT2D eigenvalue weighted by atomic mass is 9.99. The molecule has 8 heteroatoms. The van der Waals surface area contributed by atoms with E-state index in [1.54, 1.807) is 0 Å². The van der Waals surface area contributed by atoms with Gasteiger partial charge in [0.15, 0.2) is 0 Å². The van der Waals surface area contributed by atoms with Crippen molar-refractivity contribution in [3.8, 4) is 17.2 Å². The minimum atomic E-state index is -2.17. The lowest BCUT2D eigenvalue weighted by molar-refractivity contribution is 0.0710. The van der Waals surface area contributed by atoms with Gasteiger partial charge in [-0.05, 0) is 105 Å². The van der Waals surface area contributed by atoms with Crippen LogP contribution >= 0.6 is 0 Å². The van der Waals surface area contributed by atoms with Crippen LogP contribution in [-0.2, 0) is 6.54 Å². The Morgan fingerprint density at radius 1 is 1.00 bits per heavy atom. The Hall–Kier alpha value is -4.35. The number of hydrogen-bond donors (Lipinski definition) is 1. The number of nitriles is 1. The molecular formula is C36H39F2N5O. The van der Waals surface area contributed by atoms with Crippen molar-refractivity contribution in [1.29, 1.82) is 5.26 Å². The fourth-order valence-electron chi connectivity index (χ4n) is 6.12. The summed E-state index contributed by atoms with van der Waals surface area (Å²) in [7, 11) is 0. The van der Waals surface area contributed by atoms with E-state index in [0.717, 1.165) is 68.0 Å². The number of alkyl halides is 2. The van der Waals surface area contributed by atoms with Gasteiger partial charge in [0.2, 0.25) is 6.43 Å². The van der Waals surface area contributed by atoms with E-state index in [-0.39, 0.29) is 11.9 Å². The number of halogens is 2. The van der Waals surface area contributed by atoms with Gasteiger partial charge < -0.3 is 15.1 Å². The maximum atomic E-state index is 14.3. The maximum Gasteiger partial charge on any atom is 0.254 e. The van der Waals surface area contributed by atoms with E-state index in [4.69, 9.17) is 4.98 Å². The number of hydrogen-bond acceptors (Lipinski definition) is 5. The molecular weight excluding hydrogens is 556 g/mol. The van der Waals surface area contributed by atoms with Crippen LogP contribution in [-0.4, -0.2) is 59.3 Å². The first-order chi connectivity index (χ1) is 21.3. The Balaban J connectivity index is 0.000000906. The van der Waals surface area contributed by atoms with Crippen molar-refractivity contribution in [3.05, 3.63) is 95.1 Å². The Morgan fingerprint density at radius 2 is 1.70 bits per heavy atom. The molecule has 0 bridgehead atoms. The van der Waals surface area contributed by atoms with Crippen LogP contribution in [0.25, 0.3) is 22.0 Å². The Bertz CT molecular complexity index is 1620. The number of carbonyl (C=O) groups excluding carboxylic acids is 1. The highest BCUT2D eigenvalue weighted by molar-refractivity contribution is 6.08. The van der Waals surface area contributed by atoms with Crippen molar-refractivity contribution < 1.29 is 13.6 Å². The predicted molar refractivity (Wildman–Crippen MR) is 172 cm³/mol. The van der Waals surface area contributed by atoms with E-state index in [1.807, 2.05) is 54.6 Å². The van der Waals surface area contributed by atoms with Gasteiger partial charge >= 0.3 is 0 Å². The summed E-state index contributed by atoms with van der Waals surface area (Å²) in [6.07, 6.45) is 2.44. The Morgan fingerprint density at radius 3 is 2.41 bits per heavy atom. The van der Waals surface area contributed by atoms with E-state index in [2.05, 4.69) is 46.3 Å². The van der Waals surface area contributed by atoms with Crippen molar-refractivity contribution in [3.63, 3.8) is 0 Å². The molecule has 1 atom stereocenters. The molecule has 0 saturated carbocycles. The second-order valence-electron chi connectivity index (χ2n) is 11.6. The second-order valence-corrected chi connectivity index (χ2v) is 11.6. The first kappa shape index (κ1) is 31.1. The number of likely N-dealkylation sites (tertiary alicyclic amines) is 2. The normalized spacial score (nSPS) is 16.5. The van der Waals surface area contributed by atoms with Gasteiger partial charge in [-0.15, -0.1) is 0 Å². The quantitative estimate of drug-likeness (QED) is 0.237. The van der Waals surface area contributed by atoms with Gasteiger partial charge in [-0.1, -0.05) is 42.5 Å². The summed E-state index contributed by atoms with van der Waals surface area (Å²) in [5.74, 6) is 0.797. The molecule has 0 aliphatic carbocycles. The zero-order chi connectivity index (χ0) is 31.1. The summed E-state index contributed by atoms with van der Waals surface area (Å²) in [6, 6.07) is 26.4. The molecule has 2 aliphatic heterocycles. The molecule has 2 fully saturated rings. The zero-order valence-corrected chi connectivity index (χ0v) is 25.4. The van der Waals surface area contributed by atoms with E-state index >= 15 is 0 Å². The molecule has 6 nitrogen and oxygen atoms in total. The summed E-state index contributed by atoms with van der Waals surface area (Å²) < 4.78 is 20.7. The first-order valence-electron chi connectivity index (χ1n) is 15.4. The predicted octanol–water partition coefficient (Wildman–Crippen LogP) is 7.67. The SMILES string of the molecule is CC(F)F.Cc1ccccc1CNc1cc(C(=O)N2CCCC2CN2CCCC2)c2cc(-c3ccc(C#N)cc3)ccc2n1. The van der Waals surface area contributed by atoms with Crippen molar-refractivity contribution in [2.75, 3.05) is 31.5 Å². The summed E-state index contributed by atoms with van der Waals surface area (Å²) in [4.78, 5) is 23.8. The molecule has 0 radical (unpaired) electrons. The maximum absolute atomic E-state index is 14.3. The van der Waals surface area contributed by atoms with E-state index < -0.39 is 6.43 Å². The van der Waals surface area contributed by atoms with Crippen LogP contribution in [0.5, 0.6) is 0 Å². The topological polar surface area (TPSA) is 72.3 Å². The third kappa shape index (κ3) is 7.59. The minimum Gasteiger partial charge on any atom is -0.366 e. The van der Waals surface area contributed by atoms with Crippen LogP contribution in [0.4, 0.5) is 14.6 Å². The highest BCUT2D eigenvalue weighted by Gasteiger charge is 2.32. The van der Waals surface area contributed by atoms with Gasteiger partial charge in [-0.2, -0.15) is 5.26 Å². The third-order valence-electron chi connectivity index (χ3n) is 8.41. The summed E-state index contributed by atoms with van der Waals surface area (Å²) >= 11 is 0. The van der Waals surface area contributed by atoms with Gasteiger partial charge in [0.05, 0.1) is 22.7 Å². The van der Waals surface area contributed by atoms with Crippen molar-refractivity contribution >= 4 is 22.6 Å². The average Bonchev–Trinajstić information content (AvgIpc) is 3.72. The number of aryl methyl sites for hydroxylation is 1. The third-order valence-corrected chi connectivity index (χ3v) is 8.41. The molecule has 228 valence electrons. The number of pyridine rings is 1. The molecule has 2 saturated heterocycles. The van der Waals surface area contributed by atoms with Gasteiger partial charge in [0, 0.05) is 31.1 Å². The van der Waals surface area contributed by atoms with Crippen LogP contribution in [0.15, 0.2) is 72.8 Å². The molecule has 1 aromatic heterocycles. The standard InChI is InChI=1S/C34H35N5O.C2H4F2/c1-24-7-2-3-8-28(24)22-36-33-20-31(34(40)39-18-6-9-29(39)23-38-16-4-5-17-38)30-19-27(14-15-32(30)37-33)26-12-10-25(21-35)11-13-26;1-2(3)4/h2-3,7-8,10-15,19-20,29H,4-6,9,16-18,22-23H2,1H3,(H,36,37);2H,1H3. The molecule has 1 N–H and O–H groups in total. The molecule has 4 aromatic rings. The number of rotatable bonds is 7. The summed E-state index contributed by atoms with van der Waals surface area (Å²) in [5, 5.41) is 13.6. The van der Waals surface area contributed by atoms with Crippen LogP contribution in [0, 0.1) is 18.3 Å². The fraction of sp³-hybridized carbons (Fsp3) is 0.361. The highest BCUT2D eigenvalue weighted by atomic mass is 19.3. The molecule has 1 unspecified atom stereocenters. The number of nitrogens with zero attached hydrogens (tertiary/aromatic N) is 4. The van der Waals surface area contributed by atoms with Gasteiger partial charge in [0.1, 0.15) is 5.82 Å². The van der Waals surface area contributed by atoms with Crippen LogP contribution < -0.4 is 5.32 Å². The van der Waals surface area contributed by atoms with Gasteiger partial charge in [-0.3, -0.25) is 4.79 Å². The van der Waals surface area contributed by atoms with E-state index in [0.29, 0.717) is 23.5 Å². The molecule has 3 heterocycles. The number of fused-ring (bicyclic) bond motifs is 1. The molecule has 6 rings (SSSR count). The first-order valence-corrected chi connectivity index (χ1v) is 15.4. The largest absolute Gasteiger partial charge is 0.366 e. The van der Waals surface area contributed by atoms with Gasteiger partial charge in [-0.25, -0.2) is 13.8 Å². The minimum absolute atomic E-state index is 0.0880. The number of benzene rings is 3. The summed E-state index contributed by atoms with van der Waals surface area (Å²) in [5.41, 5.74) is 6.56. The van der Waals surface area contributed by atoms with Crippen LogP contribution in [0.3, 0.4) is 0 Å². The van der Waals surface area contributed by atoms with E-state index in [9.17, 15) is 18.8 Å². The second kappa shape index (κ2) is 14.4. The fourth-order valence-corrected chi connectivity index (χ4v) is 6.12. The smallest absolute Gasteiger partial charge is 0.254 e. The van der Waals surface area contributed by atoms with Crippen LogP contribution in [0.2, 0.25) is 0 Å². The Labute approximate surface area is 258 Å². The monoisotopic (exact) mass is 595 g/mol.